The third-order valence-corrected chi connectivity index (χ3v) is 3.03. The Morgan fingerprint density at radius 3 is 2.68 bits per heavy atom. The molecule has 1 rings (SSSR count). The van der Waals surface area contributed by atoms with Crippen LogP contribution < -0.4 is 16.4 Å². The highest BCUT2D eigenvalue weighted by molar-refractivity contribution is 5.87. The van der Waals surface area contributed by atoms with Gasteiger partial charge in [-0.3, -0.25) is 9.59 Å². The van der Waals surface area contributed by atoms with E-state index in [-0.39, 0.29) is 18.9 Å². The standard InChI is InChI=1S/C11H19N3O5/c1-19-6-4-8(13-5-6)10(16)14-7(11(17)18)2-3-9(12)15/h6-8,13H,2-5H2,1H3,(H2,12,15)(H,14,16)(H,17,18)/t6?,7-,8?/m1/s1. The van der Waals surface area contributed by atoms with Gasteiger partial charge in [0.2, 0.25) is 11.8 Å². The summed E-state index contributed by atoms with van der Waals surface area (Å²) in [5.74, 6) is -2.19. The van der Waals surface area contributed by atoms with E-state index in [1.165, 1.54) is 0 Å². The van der Waals surface area contributed by atoms with Crippen LogP contribution in [0.5, 0.6) is 0 Å². The number of ether oxygens (including phenoxy) is 1. The van der Waals surface area contributed by atoms with Crippen molar-refractivity contribution in [1.82, 2.24) is 10.6 Å². The Morgan fingerprint density at radius 2 is 2.21 bits per heavy atom. The Kier molecular flexibility index (Phi) is 5.71. The van der Waals surface area contributed by atoms with Crippen molar-refractivity contribution < 1.29 is 24.2 Å². The van der Waals surface area contributed by atoms with Crippen molar-refractivity contribution in [3.63, 3.8) is 0 Å². The fourth-order valence-corrected chi connectivity index (χ4v) is 1.90. The largest absolute Gasteiger partial charge is 0.480 e. The minimum absolute atomic E-state index is 0.0170. The van der Waals surface area contributed by atoms with Crippen molar-refractivity contribution >= 4 is 17.8 Å². The Morgan fingerprint density at radius 1 is 1.53 bits per heavy atom. The fraction of sp³-hybridized carbons (Fsp3) is 0.727. The summed E-state index contributed by atoms with van der Waals surface area (Å²) in [6, 6.07) is -1.58. The van der Waals surface area contributed by atoms with Gasteiger partial charge in [-0.2, -0.15) is 0 Å². The Balaban J connectivity index is 2.47. The molecule has 3 atom stereocenters. The van der Waals surface area contributed by atoms with Crippen LogP contribution in [0.1, 0.15) is 19.3 Å². The molecule has 108 valence electrons. The summed E-state index contributed by atoms with van der Waals surface area (Å²) in [5.41, 5.74) is 4.96. The first-order valence-electron chi connectivity index (χ1n) is 6.01. The molecule has 0 aromatic heterocycles. The van der Waals surface area contributed by atoms with Crippen LogP contribution in [0.2, 0.25) is 0 Å². The minimum Gasteiger partial charge on any atom is -0.480 e. The molecule has 1 fully saturated rings. The van der Waals surface area contributed by atoms with E-state index in [0.29, 0.717) is 13.0 Å². The first kappa shape index (κ1) is 15.4. The molecule has 0 radical (unpaired) electrons. The first-order chi connectivity index (χ1) is 8.93. The maximum absolute atomic E-state index is 11.9. The SMILES string of the molecule is COC1CNC(C(=O)N[C@H](CCC(N)=O)C(=O)O)C1. The number of carbonyl (C=O) groups is 3. The number of methoxy groups -OCH3 is 1. The van der Waals surface area contributed by atoms with Gasteiger partial charge >= 0.3 is 5.97 Å². The van der Waals surface area contributed by atoms with Crippen molar-refractivity contribution in [3.8, 4) is 0 Å². The van der Waals surface area contributed by atoms with Crippen LogP contribution in [0, 0.1) is 0 Å². The van der Waals surface area contributed by atoms with E-state index in [9.17, 15) is 14.4 Å². The number of nitrogens with two attached hydrogens (primary N) is 1. The van der Waals surface area contributed by atoms with Gasteiger partial charge in [-0.1, -0.05) is 0 Å². The number of carbonyl (C=O) groups excluding carboxylic acids is 2. The smallest absolute Gasteiger partial charge is 0.326 e. The second-order valence-electron chi connectivity index (χ2n) is 4.46. The number of amides is 2. The zero-order valence-corrected chi connectivity index (χ0v) is 10.7. The van der Waals surface area contributed by atoms with Crippen LogP contribution in [-0.2, 0) is 19.1 Å². The molecular formula is C11H19N3O5. The van der Waals surface area contributed by atoms with Crippen LogP contribution in [0.4, 0.5) is 0 Å². The number of hydrogen-bond acceptors (Lipinski definition) is 5. The summed E-state index contributed by atoms with van der Waals surface area (Å²) in [6.07, 6.45) is 0.335. The summed E-state index contributed by atoms with van der Waals surface area (Å²) >= 11 is 0. The van der Waals surface area contributed by atoms with E-state index in [1.54, 1.807) is 7.11 Å². The summed E-state index contributed by atoms with van der Waals surface area (Å²) in [4.78, 5) is 33.5. The Labute approximate surface area is 110 Å². The number of aliphatic carboxylic acids is 1. The predicted octanol–water partition coefficient (Wildman–Crippen LogP) is -1.80. The lowest BCUT2D eigenvalue weighted by Crippen LogP contribution is -2.48. The number of primary amides is 1. The molecule has 0 aromatic carbocycles. The Hall–Kier alpha value is -1.67. The van der Waals surface area contributed by atoms with E-state index in [0.717, 1.165) is 0 Å². The van der Waals surface area contributed by atoms with Gasteiger partial charge in [0, 0.05) is 20.1 Å². The van der Waals surface area contributed by atoms with E-state index in [4.69, 9.17) is 15.6 Å². The Bertz CT molecular complexity index is 360. The lowest BCUT2D eigenvalue weighted by Gasteiger charge is -2.17. The predicted molar refractivity (Wildman–Crippen MR) is 65.2 cm³/mol. The van der Waals surface area contributed by atoms with Crippen LogP contribution in [0.15, 0.2) is 0 Å². The second-order valence-corrected chi connectivity index (χ2v) is 4.46. The van der Waals surface area contributed by atoms with Crippen LogP contribution in [0.3, 0.4) is 0 Å². The van der Waals surface area contributed by atoms with Crippen LogP contribution in [0.25, 0.3) is 0 Å². The normalized spacial score (nSPS) is 23.8. The molecule has 8 heteroatoms. The summed E-state index contributed by atoms with van der Waals surface area (Å²) in [6.45, 7) is 0.549. The van der Waals surface area contributed by atoms with Crippen LogP contribution in [-0.4, -0.2) is 54.7 Å². The molecule has 19 heavy (non-hydrogen) atoms. The molecule has 2 unspecified atom stereocenters. The molecule has 1 heterocycles. The molecule has 8 nitrogen and oxygen atoms in total. The van der Waals surface area contributed by atoms with Crippen molar-refractivity contribution in [2.24, 2.45) is 5.73 Å². The van der Waals surface area contributed by atoms with Crippen LogP contribution >= 0.6 is 0 Å². The molecule has 1 saturated heterocycles. The average molecular weight is 273 g/mol. The van der Waals surface area contributed by atoms with E-state index >= 15 is 0 Å². The summed E-state index contributed by atoms with van der Waals surface area (Å²) in [7, 11) is 1.56. The number of carboxylic acids is 1. The van der Waals surface area contributed by atoms with E-state index in [1.807, 2.05) is 0 Å². The summed E-state index contributed by atoms with van der Waals surface area (Å²) in [5, 5.41) is 14.3. The third-order valence-electron chi connectivity index (χ3n) is 3.03. The van der Waals surface area contributed by atoms with Crippen molar-refractivity contribution in [3.05, 3.63) is 0 Å². The maximum Gasteiger partial charge on any atom is 0.326 e. The fourth-order valence-electron chi connectivity index (χ4n) is 1.90. The highest BCUT2D eigenvalue weighted by atomic mass is 16.5. The average Bonchev–Trinajstić information content (AvgIpc) is 2.82. The zero-order chi connectivity index (χ0) is 14.4. The van der Waals surface area contributed by atoms with E-state index < -0.39 is 29.9 Å². The van der Waals surface area contributed by atoms with Gasteiger partial charge in [0.15, 0.2) is 0 Å². The highest BCUT2D eigenvalue weighted by Crippen LogP contribution is 2.10. The zero-order valence-electron chi connectivity index (χ0n) is 10.7. The molecular weight excluding hydrogens is 254 g/mol. The molecule has 1 aliphatic heterocycles. The number of nitrogens with one attached hydrogen (secondary N) is 2. The maximum atomic E-state index is 11.9. The number of carboxylic acid groups (broad SMARTS) is 1. The van der Waals surface area contributed by atoms with Gasteiger partial charge in [0.1, 0.15) is 6.04 Å². The number of rotatable bonds is 7. The first-order valence-corrected chi connectivity index (χ1v) is 6.01. The van der Waals surface area contributed by atoms with Gasteiger partial charge in [0.25, 0.3) is 0 Å². The molecule has 0 aromatic rings. The van der Waals surface area contributed by atoms with Gasteiger partial charge in [-0.25, -0.2) is 4.79 Å². The van der Waals surface area contributed by atoms with Crippen molar-refractivity contribution in [2.45, 2.75) is 37.5 Å². The quantitative estimate of drug-likeness (QED) is 0.433. The molecule has 0 saturated carbocycles. The second kappa shape index (κ2) is 7.05. The van der Waals surface area contributed by atoms with Gasteiger partial charge in [0.05, 0.1) is 12.1 Å². The van der Waals surface area contributed by atoms with Gasteiger partial charge < -0.3 is 26.2 Å². The topological polar surface area (TPSA) is 131 Å². The molecule has 5 N–H and O–H groups in total. The van der Waals surface area contributed by atoms with E-state index in [2.05, 4.69) is 10.6 Å². The highest BCUT2D eigenvalue weighted by Gasteiger charge is 2.31. The minimum atomic E-state index is -1.18. The molecule has 2 amide bonds. The number of hydrogen-bond donors (Lipinski definition) is 4. The molecule has 0 bridgehead atoms. The van der Waals surface area contributed by atoms with Crippen molar-refractivity contribution in [2.75, 3.05) is 13.7 Å². The monoisotopic (exact) mass is 273 g/mol. The lowest BCUT2D eigenvalue weighted by atomic mass is 10.1. The van der Waals surface area contributed by atoms with Crippen molar-refractivity contribution in [1.29, 1.82) is 0 Å². The molecule has 1 aliphatic rings. The van der Waals surface area contributed by atoms with Gasteiger partial charge in [-0.15, -0.1) is 0 Å². The summed E-state index contributed by atoms with van der Waals surface area (Å²) < 4.78 is 5.10. The third kappa shape index (κ3) is 4.84. The molecule has 0 spiro atoms. The molecule has 0 aliphatic carbocycles. The van der Waals surface area contributed by atoms with Gasteiger partial charge in [-0.05, 0) is 12.8 Å². The lowest BCUT2D eigenvalue weighted by molar-refractivity contribution is -0.142.